The lowest BCUT2D eigenvalue weighted by molar-refractivity contribution is 0.0491. The molecule has 1 fully saturated rings. The van der Waals surface area contributed by atoms with Crippen molar-refractivity contribution in [3.63, 3.8) is 0 Å². The summed E-state index contributed by atoms with van der Waals surface area (Å²) in [6.45, 7) is 4.01. The number of fused-ring (bicyclic) bond motifs is 1. The molecule has 4 rings (SSSR count). The Morgan fingerprint density at radius 2 is 2.24 bits per heavy atom. The second-order valence-corrected chi connectivity index (χ2v) is 6.94. The average Bonchev–Trinajstić information content (AvgIpc) is 3.22. The van der Waals surface area contributed by atoms with Crippen LogP contribution in [0.25, 0.3) is 5.52 Å². The highest BCUT2D eigenvalue weighted by molar-refractivity contribution is 5.62. The first-order chi connectivity index (χ1) is 14.2. The van der Waals surface area contributed by atoms with Gasteiger partial charge in [-0.1, -0.05) is 0 Å². The molecule has 1 atom stereocenters. The van der Waals surface area contributed by atoms with Crippen molar-refractivity contribution in [1.29, 1.82) is 5.26 Å². The normalized spacial score (nSPS) is 15.7. The molecule has 10 heteroatoms. The average molecular weight is 394 g/mol. The van der Waals surface area contributed by atoms with Crippen molar-refractivity contribution >= 4 is 17.2 Å². The molecular weight excluding hydrogens is 372 g/mol. The van der Waals surface area contributed by atoms with E-state index in [4.69, 9.17) is 15.2 Å². The first kappa shape index (κ1) is 18.9. The quantitative estimate of drug-likeness (QED) is 0.642. The van der Waals surface area contributed by atoms with Gasteiger partial charge in [0.25, 0.3) is 0 Å². The molecule has 0 aliphatic carbocycles. The summed E-state index contributed by atoms with van der Waals surface area (Å²) >= 11 is 0. The fourth-order valence-corrected chi connectivity index (χ4v) is 3.21. The van der Waals surface area contributed by atoms with Crippen molar-refractivity contribution in [2.24, 2.45) is 5.92 Å². The molecule has 0 amide bonds. The SMILES string of the molecule is CC(Nc1ncnc(N)c1C#N)c1nc(OCC2CCOCC2)c2cccn2n1. The zero-order chi connectivity index (χ0) is 20.2. The highest BCUT2D eigenvalue weighted by Crippen LogP contribution is 2.25. The molecule has 1 unspecified atom stereocenters. The topological polar surface area (TPSA) is 136 Å². The molecular formula is C19H22N8O2. The Balaban J connectivity index is 1.57. The van der Waals surface area contributed by atoms with E-state index >= 15 is 0 Å². The van der Waals surface area contributed by atoms with E-state index in [-0.39, 0.29) is 17.4 Å². The number of ether oxygens (including phenoxy) is 2. The Bertz CT molecular complexity index is 1040. The Hall–Kier alpha value is -3.45. The number of nitrogen functional groups attached to an aromatic ring is 1. The van der Waals surface area contributed by atoms with Crippen molar-refractivity contribution in [3.05, 3.63) is 36.0 Å². The van der Waals surface area contributed by atoms with E-state index < -0.39 is 0 Å². The number of nitrogens with zero attached hydrogens (tertiary/aromatic N) is 6. The van der Waals surface area contributed by atoms with Gasteiger partial charge >= 0.3 is 0 Å². The predicted octanol–water partition coefficient (Wildman–Crippen LogP) is 1.95. The summed E-state index contributed by atoms with van der Waals surface area (Å²) in [4.78, 5) is 12.6. The van der Waals surface area contributed by atoms with Crippen LogP contribution in [-0.2, 0) is 4.74 Å². The zero-order valence-electron chi connectivity index (χ0n) is 16.1. The molecule has 0 radical (unpaired) electrons. The monoisotopic (exact) mass is 394 g/mol. The third kappa shape index (κ3) is 4.05. The van der Waals surface area contributed by atoms with Crippen LogP contribution in [0.1, 0.15) is 37.2 Å². The number of aromatic nitrogens is 5. The second kappa shape index (κ2) is 8.28. The van der Waals surface area contributed by atoms with E-state index in [0.29, 0.717) is 30.0 Å². The number of hydrogen-bond acceptors (Lipinski definition) is 9. The number of rotatable bonds is 6. The van der Waals surface area contributed by atoms with E-state index in [0.717, 1.165) is 31.6 Å². The Labute approximate surface area is 167 Å². The largest absolute Gasteiger partial charge is 0.476 e. The lowest BCUT2D eigenvalue weighted by Crippen LogP contribution is -2.22. The van der Waals surface area contributed by atoms with Gasteiger partial charge in [0.05, 0.1) is 12.6 Å². The van der Waals surface area contributed by atoms with Gasteiger partial charge in [0.1, 0.15) is 35.1 Å². The van der Waals surface area contributed by atoms with Crippen molar-refractivity contribution in [3.8, 4) is 11.9 Å². The third-order valence-corrected chi connectivity index (χ3v) is 4.90. The van der Waals surface area contributed by atoms with E-state index in [9.17, 15) is 5.26 Å². The number of nitrogens with two attached hydrogens (primary N) is 1. The minimum Gasteiger partial charge on any atom is -0.476 e. The number of hydrogen-bond donors (Lipinski definition) is 2. The van der Waals surface area contributed by atoms with Crippen LogP contribution in [0.2, 0.25) is 0 Å². The van der Waals surface area contributed by atoms with Crippen molar-refractivity contribution in [2.45, 2.75) is 25.8 Å². The van der Waals surface area contributed by atoms with Gasteiger partial charge in [0, 0.05) is 19.4 Å². The van der Waals surface area contributed by atoms with Gasteiger partial charge < -0.3 is 20.5 Å². The molecule has 0 saturated carbocycles. The van der Waals surface area contributed by atoms with Crippen molar-refractivity contribution < 1.29 is 9.47 Å². The van der Waals surface area contributed by atoms with Crippen LogP contribution in [0, 0.1) is 17.2 Å². The second-order valence-electron chi connectivity index (χ2n) is 6.94. The maximum atomic E-state index is 9.32. The lowest BCUT2D eigenvalue weighted by atomic mass is 10.0. The van der Waals surface area contributed by atoms with Crippen LogP contribution in [0.4, 0.5) is 11.6 Å². The first-order valence-electron chi connectivity index (χ1n) is 9.48. The number of anilines is 2. The molecule has 3 aromatic rings. The molecule has 0 bridgehead atoms. The minimum atomic E-state index is -0.339. The van der Waals surface area contributed by atoms with Crippen molar-refractivity contribution in [2.75, 3.05) is 30.9 Å². The number of nitrogens with one attached hydrogen (secondary N) is 1. The molecule has 150 valence electrons. The Morgan fingerprint density at radius 3 is 3.03 bits per heavy atom. The van der Waals surface area contributed by atoms with E-state index in [1.165, 1.54) is 6.33 Å². The van der Waals surface area contributed by atoms with Crippen LogP contribution in [0.5, 0.6) is 5.88 Å². The predicted molar refractivity (Wildman–Crippen MR) is 105 cm³/mol. The molecule has 3 aromatic heterocycles. The molecule has 4 heterocycles. The molecule has 1 aliphatic rings. The van der Waals surface area contributed by atoms with Gasteiger partial charge in [0.15, 0.2) is 5.82 Å². The fourth-order valence-electron chi connectivity index (χ4n) is 3.21. The summed E-state index contributed by atoms with van der Waals surface area (Å²) in [5, 5.41) is 17.0. The van der Waals surface area contributed by atoms with Crippen molar-refractivity contribution in [1.82, 2.24) is 24.6 Å². The molecule has 1 aliphatic heterocycles. The molecule has 29 heavy (non-hydrogen) atoms. The standard InChI is InChI=1S/C19H22N8O2/c1-12(24-18-14(9-20)16(21)22-11-23-18)17-25-19(15-3-2-6-27(15)26-17)29-10-13-4-7-28-8-5-13/h2-3,6,11-13H,4-5,7-8,10H2,1H3,(H3,21,22,23,24). The smallest absolute Gasteiger partial charge is 0.241 e. The van der Waals surface area contributed by atoms with Crippen LogP contribution < -0.4 is 15.8 Å². The third-order valence-electron chi connectivity index (χ3n) is 4.90. The van der Waals surface area contributed by atoms with Crippen LogP contribution in [0.15, 0.2) is 24.7 Å². The Kier molecular flexibility index (Phi) is 5.39. The van der Waals surface area contributed by atoms with Gasteiger partial charge in [-0.3, -0.25) is 0 Å². The highest BCUT2D eigenvalue weighted by Gasteiger charge is 2.19. The summed E-state index contributed by atoms with van der Waals surface area (Å²) in [7, 11) is 0. The van der Waals surface area contributed by atoms with E-state index in [1.807, 2.05) is 31.3 Å². The summed E-state index contributed by atoms with van der Waals surface area (Å²) < 4.78 is 13.2. The molecule has 0 aromatic carbocycles. The lowest BCUT2D eigenvalue weighted by Gasteiger charge is -2.22. The van der Waals surface area contributed by atoms with Crippen LogP contribution in [0.3, 0.4) is 0 Å². The number of nitriles is 1. The summed E-state index contributed by atoms with van der Waals surface area (Å²) in [6.07, 6.45) is 5.13. The van der Waals surface area contributed by atoms with Gasteiger partial charge in [0.2, 0.25) is 5.88 Å². The fraction of sp³-hybridized carbons (Fsp3) is 0.421. The molecule has 3 N–H and O–H groups in total. The molecule has 10 nitrogen and oxygen atoms in total. The summed E-state index contributed by atoms with van der Waals surface area (Å²) in [5.74, 6) is 1.96. The molecule has 0 spiro atoms. The summed E-state index contributed by atoms with van der Waals surface area (Å²) in [6, 6.07) is 5.49. The van der Waals surface area contributed by atoms with E-state index in [2.05, 4.69) is 25.4 Å². The summed E-state index contributed by atoms with van der Waals surface area (Å²) in [5.41, 5.74) is 6.76. The maximum Gasteiger partial charge on any atom is 0.241 e. The molecule has 1 saturated heterocycles. The van der Waals surface area contributed by atoms with Crippen LogP contribution in [-0.4, -0.2) is 44.4 Å². The van der Waals surface area contributed by atoms with Gasteiger partial charge in [-0.2, -0.15) is 15.3 Å². The minimum absolute atomic E-state index is 0.125. The van der Waals surface area contributed by atoms with Gasteiger partial charge in [-0.05, 0) is 37.8 Å². The van der Waals surface area contributed by atoms with E-state index in [1.54, 1.807) is 4.52 Å². The van der Waals surface area contributed by atoms with Crippen LogP contribution >= 0.6 is 0 Å². The van der Waals surface area contributed by atoms with Gasteiger partial charge in [-0.25, -0.2) is 14.5 Å². The highest BCUT2D eigenvalue weighted by atomic mass is 16.5. The Morgan fingerprint density at radius 1 is 1.41 bits per heavy atom. The van der Waals surface area contributed by atoms with Gasteiger partial charge in [-0.15, -0.1) is 0 Å². The first-order valence-corrected chi connectivity index (χ1v) is 9.48. The zero-order valence-corrected chi connectivity index (χ0v) is 16.1. The maximum absolute atomic E-state index is 9.32.